The fourth-order valence-corrected chi connectivity index (χ4v) is 7.43. The molecule has 1 aliphatic heterocycles. The van der Waals surface area contributed by atoms with Crippen molar-refractivity contribution < 1.29 is 39.8 Å². The van der Waals surface area contributed by atoms with Gasteiger partial charge in [-0.15, -0.1) is 0 Å². The third kappa shape index (κ3) is 32.3. The summed E-state index contributed by atoms with van der Waals surface area (Å²) in [5, 5.41) is 54.2. The number of nitrogens with one attached hydrogen (secondary N) is 1. The fraction of sp³-hybridized carbons (Fsp3) is 0.755. The third-order valence-corrected chi connectivity index (χ3v) is 11.5. The molecule has 0 radical (unpaired) electrons. The van der Waals surface area contributed by atoms with E-state index in [-0.39, 0.29) is 12.5 Å². The van der Waals surface area contributed by atoms with E-state index in [1.165, 1.54) is 103 Å². The summed E-state index contributed by atoms with van der Waals surface area (Å²) in [6.07, 6.45) is 50.9. The van der Waals surface area contributed by atoms with Gasteiger partial charge in [0.2, 0.25) is 5.91 Å². The van der Waals surface area contributed by atoms with Gasteiger partial charge in [-0.05, 0) is 83.5 Å². The van der Waals surface area contributed by atoms with Crippen molar-refractivity contribution in [3.05, 3.63) is 72.9 Å². The van der Waals surface area contributed by atoms with Gasteiger partial charge >= 0.3 is 0 Å². The number of hydrogen-bond acceptors (Lipinski definition) is 8. The van der Waals surface area contributed by atoms with Gasteiger partial charge in [0.15, 0.2) is 6.29 Å². The van der Waals surface area contributed by atoms with E-state index in [0.29, 0.717) is 6.42 Å². The van der Waals surface area contributed by atoms with Crippen LogP contribution in [-0.4, -0.2) is 87.5 Å². The maximum atomic E-state index is 13.0. The van der Waals surface area contributed by atoms with Gasteiger partial charge in [-0.2, -0.15) is 0 Å². The van der Waals surface area contributed by atoms with E-state index < -0.39 is 49.5 Å². The number of amides is 1. The molecule has 1 fully saturated rings. The van der Waals surface area contributed by atoms with Gasteiger partial charge < -0.3 is 40.3 Å². The molecule has 0 saturated carbocycles. The van der Waals surface area contributed by atoms with Crippen LogP contribution in [0.2, 0.25) is 0 Å². The molecule has 1 saturated heterocycles. The first-order chi connectivity index (χ1) is 30.3. The first-order valence-corrected chi connectivity index (χ1v) is 25.2. The molecule has 6 N–H and O–H groups in total. The smallest absolute Gasteiger partial charge is 0.220 e. The van der Waals surface area contributed by atoms with Crippen molar-refractivity contribution in [2.75, 3.05) is 13.2 Å². The number of hydrogen-bond donors (Lipinski definition) is 6. The SMILES string of the molecule is CCCCCC/C=C/CC/C=C/CC/C=C/C(O)C(COC1OC(CO)C(O)C(O)C1O)NC(=O)CCCCCCCCCCCC/C=C\C/C=C\C/C=C\CCCCCCC. The number of unbranched alkanes of at least 4 members (excludes halogenated alkanes) is 21. The molecule has 7 atom stereocenters. The Morgan fingerprint density at radius 2 is 0.968 bits per heavy atom. The predicted octanol–water partition coefficient (Wildman–Crippen LogP) is 11.3. The van der Waals surface area contributed by atoms with E-state index in [0.717, 1.165) is 77.0 Å². The topological polar surface area (TPSA) is 149 Å². The Bertz CT molecular complexity index is 1200. The first kappa shape index (κ1) is 57.6. The maximum Gasteiger partial charge on any atom is 0.220 e. The van der Waals surface area contributed by atoms with Crippen LogP contribution < -0.4 is 5.32 Å². The molecule has 0 aromatic carbocycles. The molecule has 0 aliphatic carbocycles. The number of aliphatic hydroxyl groups is 5. The molecule has 9 heteroatoms. The summed E-state index contributed by atoms with van der Waals surface area (Å²) < 4.78 is 11.2. The third-order valence-electron chi connectivity index (χ3n) is 11.5. The number of ether oxygens (including phenoxy) is 2. The van der Waals surface area contributed by atoms with E-state index in [4.69, 9.17) is 9.47 Å². The molecule has 358 valence electrons. The van der Waals surface area contributed by atoms with Gasteiger partial charge in [0.05, 0.1) is 25.4 Å². The Hall–Kier alpha value is -2.37. The van der Waals surface area contributed by atoms with Crippen LogP contribution >= 0.6 is 0 Å². The average Bonchev–Trinajstić information content (AvgIpc) is 3.27. The summed E-state index contributed by atoms with van der Waals surface area (Å²) in [5.41, 5.74) is 0. The summed E-state index contributed by atoms with van der Waals surface area (Å²) in [4.78, 5) is 13.0. The van der Waals surface area contributed by atoms with Gasteiger partial charge in [0.25, 0.3) is 0 Å². The number of carbonyl (C=O) groups is 1. The summed E-state index contributed by atoms with van der Waals surface area (Å²) in [6, 6.07) is -0.833. The number of aliphatic hydroxyl groups excluding tert-OH is 5. The summed E-state index contributed by atoms with van der Waals surface area (Å²) in [5.74, 6) is -0.199. The molecule has 62 heavy (non-hydrogen) atoms. The van der Waals surface area contributed by atoms with Crippen molar-refractivity contribution in [1.82, 2.24) is 5.32 Å². The van der Waals surface area contributed by atoms with Crippen LogP contribution in [0.25, 0.3) is 0 Å². The van der Waals surface area contributed by atoms with Crippen molar-refractivity contribution in [3.8, 4) is 0 Å². The van der Waals surface area contributed by atoms with Gasteiger partial charge in [-0.3, -0.25) is 4.79 Å². The quantitative estimate of drug-likeness (QED) is 0.0263. The highest BCUT2D eigenvalue weighted by atomic mass is 16.7. The lowest BCUT2D eigenvalue weighted by Crippen LogP contribution is -2.60. The van der Waals surface area contributed by atoms with Crippen LogP contribution in [0.3, 0.4) is 0 Å². The van der Waals surface area contributed by atoms with Gasteiger partial charge in [0, 0.05) is 6.42 Å². The summed E-state index contributed by atoms with van der Waals surface area (Å²) in [7, 11) is 0. The van der Waals surface area contributed by atoms with Crippen LogP contribution in [0.5, 0.6) is 0 Å². The van der Waals surface area contributed by atoms with E-state index >= 15 is 0 Å². The van der Waals surface area contributed by atoms with Gasteiger partial charge in [0.1, 0.15) is 24.4 Å². The second-order valence-corrected chi connectivity index (χ2v) is 17.2. The Morgan fingerprint density at radius 1 is 0.548 bits per heavy atom. The maximum absolute atomic E-state index is 13.0. The van der Waals surface area contributed by atoms with Crippen LogP contribution in [0.15, 0.2) is 72.9 Å². The molecule has 0 aromatic rings. The van der Waals surface area contributed by atoms with Crippen molar-refractivity contribution in [2.45, 2.75) is 243 Å². The van der Waals surface area contributed by atoms with E-state index in [1.54, 1.807) is 6.08 Å². The molecule has 9 nitrogen and oxygen atoms in total. The van der Waals surface area contributed by atoms with Crippen molar-refractivity contribution in [1.29, 1.82) is 0 Å². The summed E-state index contributed by atoms with van der Waals surface area (Å²) >= 11 is 0. The minimum atomic E-state index is -1.58. The van der Waals surface area contributed by atoms with Crippen LogP contribution in [0, 0.1) is 0 Å². The molecule has 1 amide bonds. The highest BCUT2D eigenvalue weighted by molar-refractivity contribution is 5.76. The molecule has 7 unspecified atom stereocenters. The van der Waals surface area contributed by atoms with Gasteiger partial charge in [-0.1, -0.05) is 183 Å². The minimum Gasteiger partial charge on any atom is -0.394 e. The van der Waals surface area contributed by atoms with Crippen LogP contribution in [0.4, 0.5) is 0 Å². The van der Waals surface area contributed by atoms with E-state index in [9.17, 15) is 30.3 Å². The Morgan fingerprint density at radius 3 is 1.48 bits per heavy atom. The zero-order valence-electron chi connectivity index (χ0n) is 39.4. The molecule has 1 rings (SSSR count). The van der Waals surface area contributed by atoms with Crippen molar-refractivity contribution in [2.24, 2.45) is 0 Å². The second kappa shape index (κ2) is 42.6. The Kier molecular flexibility index (Phi) is 39.6. The second-order valence-electron chi connectivity index (χ2n) is 17.2. The number of allylic oxidation sites excluding steroid dienone is 11. The highest BCUT2D eigenvalue weighted by Crippen LogP contribution is 2.22. The molecule has 1 heterocycles. The lowest BCUT2D eigenvalue weighted by Gasteiger charge is -2.40. The monoisotopic (exact) mass is 872 g/mol. The van der Waals surface area contributed by atoms with E-state index in [2.05, 4.69) is 79.9 Å². The van der Waals surface area contributed by atoms with E-state index in [1.807, 2.05) is 6.08 Å². The number of carbonyl (C=O) groups excluding carboxylic acids is 1. The molecular formula is C53H93NO8. The molecule has 1 aliphatic rings. The van der Waals surface area contributed by atoms with Crippen molar-refractivity contribution in [3.63, 3.8) is 0 Å². The van der Waals surface area contributed by atoms with Gasteiger partial charge in [-0.25, -0.2) is 0 Å². The normalized spacial score (nSPS) is 20.9. The number of rotatable bonds is 41. The average molecular weight is 872 g/mol. The Balaban J connectivity index is 2.30. The largest absolute Gasteiger partial charge is 0.394 e. The summed E-state index contributed by atoms with van der Waals surface area (Å²) in [6.45, 7) is 3.71. The Labute approximate surface area is 378 Å². The standard InChI is InChI=1S/C53H93NO8/c1-3-5-7-9-11-13-15-17-19-20-21-22-23-24-25-26-27-28-29-31-33-35-37-39-41-43-49(57)54-46(45-61-53-52(60)51(59)50(58)48(44-55)62-53)47(56)42-40-38-36-34-32-30-18-16-14-12-10-8-6-4-2/h14-17,20-21,23-24,32,34,40,42,46-48,50-53,55-56,58-60H,3-13,18-19,22,25-31,33,35-39,41,43-45H2,1-2H3,(H,54,57)/b16-14+,17-15-,21-20-,24-23-,34-32+,42-40+. The lowest BCUT2D eigenvalue weighted by molar-refractivity contribution is -0.302. The lowest BCUT2D eigenvalue weighted by atomic mass is 9.99. The zero-order chi connectivity index (χ0) is 45.1. The highest BCUT2D eigenvalue weighted by Gasteiger charge is 2.44. The van der Waals surface area contributed by atoms with Crippen LogP contribution in [0.1, 0.15) is 200 Å². The zero-order valence-corrected chi connectivity index (χ0v) is 39.4. The minimum absolute atomic E-state index is 0.199. The van der Waals surface area contributed by atoms with Crippen LogP contribution in [-0.2, 0) is 14.3 Å². The molecule has 0 bridgehead atoms. The fourth-order valence-electron chi connectivity index (χ4n) is 7.43. The molecular weight excluding hydrogens is 779 g/mol. The predicted molar refractivity (Wildman–Crippen MR) is 258 cm³/mol. The molecule has 0 spiro atoms. The van der Waals surface area contributed by atoms with Crippen molar-refractivity contribution >= 4 is 5.91 Å². The first-order valence-electron chi connectivity index (χ1n) is 25.2. The molecule has 0 aromatic heterocycles.